The third kappa shape index (κ3) is 3.83. The molecule has 3 amide bonds. The summed E-state index contributed by atoms with van der Waals surface area (Å²) < 4.78 is 11.5. The quantitative estimate of drug-likeness (QED) is 0.487. The highest BCUT2D eigenvalue weighted by Crippen LogP contribution is 2.40. The first-order valence-electron chi connectivity index (χ1n) is 11.7. The zero-order chi connectivity index (χ0) is 23.8. The van der Waals surface area contributed by atoms with Gasteiger partial charge in [-0.1, -0.05) is 31.0 Å². The van der Waals surface area contributed by atoms with Crippen LogP contribution in [-0.4, -0.2) is 47.8 Å². The van der Waals surface area contributed by atoms with Crippen molar-refractivity contribution >= 4 is 57.1 Å². The summed E-state index contributed by atoms with van der Waals surface area (Å²) in [5, 5.41) is 4.77. The van der Waals surface area contributed by atoms with Crippen molar-refractivity contribution < 1.29 is 23.5 Å². The van der Waals surface area contributed by atoms with Gasteiger partial charge in [-0.2, -0.15) is 11.8 Å². The van der Waals surface area contributed by atoms with Gasteiger partial charge in [0.05, 0.1) is 24.6 Å². The second kappa shape index (κ2) is 9.33. The highest BCUT2D eigenvalue weighted by molar-refractivity contribution is 7.98. The molecule has 1 saturated carbocycles. The van der Waals surface area contributed by atoms with E-state index in [4.69, 9.17) is 9.15 Å². The Morgan fingerprint density at radius 1 is 1.12 bits per heavy atom. The van der Waals surface area contributed by atoms with Crippen molar-refractivity contribution in [3.8, 4) is 5.75 Å². The fourth-order valence-electron chi connectivity index (χ4n) is 5.34. The lowest BCUT2D eigenvalue weighted by Crippen LogP contribution is -2.48. The predicted octanol–water partition coefficient (Wildman–Crippen LogP) is 4.83. The molecule has 2 heterocycles. The Morgan fingerprint density at radius 3 is 2.50 bits per heavy atom. The van der Waals surface area contributed by atoms with Crippen molar-refractivity contribution in [1.29, 1.82) is 0 Å². The fourth-order valence-corrected chi connectivity index (χ4v) is 5.80. The number of thioether (sulfide) groups is 1. The van der Waals surface area contributed by atoms with E-state index >= 15 is 0 Å². The molecule has 7 nitrogen and oxygen atoms in total. The summed E-state index contributed by atoms with van der Waals surface area (Å²) in [6, 6.07) is 10.4. The number of nitrogens with zero attached hydrogens (tertiary/aromatic N) is 1. The number of anilines is 1. The molecular formula is C26H28N2O5S. The van der Waals surface area contributed by atoms with Crippen LogP contribution < -0.4 is 10.1 Å². The number of amides is 3. The standard InChI is InChI=1S/C26H28N2O5S/c1-32-23-13-18-15-7-5-6-10-21(15)33-22(18)14-19(23)27-24(29)20(11-12-34-2)28-25(30)16-8-3-4-9-17(16)26(28)31/h5-7,10,13-14,16-17,20H,3-4,8-9,11-12H2,1-2H3,(H,27,29). The largest absolute Gasteiger partial charge is 0.495 e. The molecule has 3 unspecified atom stereocenters. The minimum atomic E-state index is -0.853. The number of furan rings is 1. The number of imide groups is 1. The molecule has 3 aromatic rings. The van der Waals surface area contributed by atoms with Crippen LogP contribution in [0.1, 0.15) is 32.1 Å². The molecule has 5 rings (SSSR count). The van der Waals surface area contributed by atoms with Gasteiger partial charge < -0.3 is 14.5 Å². The number of para-hydroxylation sites is 1. The van der Waals surface area contributed by atoms with Gasteiger partial charge in [0, 0.05) is 16.8 Å². The average Bonchev–Trinajstić information content (AvgIpc) is 3.33. The number of likely N-dealkylation sites (tertiary alicyclic amines) is 1. The van der Waals surface area contributed by atoms with Crippen LogP contribution in [0.5, 0.6) is 5.75 Å². The molecule has 1 saturated heterocycles. The first kappa shape index (κ1) is 22.8. The molecule has 0 bridgehead atoms. The lowest BCUT2D eigenvalue weighted by atomic mass is 9.81. The predicted molar refractivity (Wildman–Crippen MR) is 133 cm³/mol. The number of benzene rings is 2. The van der Waals surface area contributed by atoms with Crippen molar-refractivity contribution in [2.24, 2.45) is 11.8 Å². The van der Waals surface area contributed by atoms with E-state index in [1.54, 1.807) is 24.9 Å². The van der Waals surface area contributed by atoms with E-state index in [0.29, 0.717) is 29.2 Å². The van der Waals surface area contributed by atoms with Crippen LogP contribution in [0, 0.1) is 11.8 Å². The molecule has 3 atom stereocenters. The van der Waals surface area contributed by atoms with Crippen LogP contribution in [-0.2, 0) is 14.4 Å². The molecule has 1 aromatic heterocycles. The van der Waals surface area contributed by atoms with Crippen LogP contribution >= 0.6 is 11.8 Å². The Kier molecular flexibility index (Phi) is 6.25. The molecular weight excluding hydrogens is 452 g/mol. The summed E-state index contributed by atoms with van der Waals surface area (Å²) >= 11 is 1.58. The highest BCUT2D eigenvalue weighted by atomic mass is 32.2. The minimum Gasteiger partial charge on any atom is -0.495 e. The van der Waals surface area contributed by atoms with E-state index in [-0.39, 0.29) is 29.6 Å². The number of hydrogen-bond donors (Lipinski definition) is 1. The van der Waals surface area contributed by atoms with Gasteiger partial charge >= 0.3 is 0 Å². The summed E-state index contributed by atoms with van der Waals surface area (Å²) in [6.45, 7) is 0. The lowest BCUT2D eigenvalue weighted by molar-refractivity contribution is -0.146. The molecule has 2 aliphatic rings. The Morgan fingerprint density at radius 2 is 1.82 bits per heavy atom. The maximum Gasteiger partial charge on any atom is 0.247 e. The number of hydrogen-bond acceptors (Lipinski definition) is 6. The zero-order valence-electron chi connectivity index (χ0n) is 19.3. The van der Waals surface area contributed by atoms with Crippen molar-refractivity contribution in [3.63, 3.8) is 0 Å². The lowest BCUT2D eigenvalue weighted by Gasteiger charge is -2.26. The summed E-state index contributed by atoms with van der Waals surface area (Å²) in [7, 11) is 1.54. The number of ether oxygens (including phenoxy) is 1. The number of fused-ring (bicyclic) bond motifs is 4. The van der Waals surface area contributed by atoms with Gasteiger partial charge in [0.15, 0.2) is 0 Å². The van der Waals surface area contributed by atoms with Crippen LogP contribution in [0.2, 0.25) is 0 Å². The minimum absolute atomic E-state index is 0.198. The first-order valence-corrected chi connectivity index (χ1v) is 13.1. The molecule has 1 aliphatic carbocycles. The third-order valence-corrected chi connectivity index (χ3v) is 7.69. The van der Waals surface area contributed by atoms with E-state index in [0.717, 1.165) is 42.0 Å². The second-order valence-electron chi connectivity index (χ2n) is 8.98. The van der Waals surface area contributed by atoms with E-state index in [1.807, 2.05) is 36.6 Å². The van der Waals surface area contributed by atoms with Gasteiger partial charge in [-0.25, -0.2) is 0 Å². The van der Waals surface area contributed by atoms with E-state index in [9.17, 15) is 14.4 Å². The van der Waals surface area contributed by atoms with Crippen molar-refractivity contribution in [2.75, 3.05) is 24.4 Å². The number of nitrogens with one attached hydrogen (secondary N) is 1. The smallest absolute Gasteiger partial charge is 0.247 e. The molecule has 34 heavy (non-hydrogen) atoms. The van der Waals surface area contributed by atoms with E-state index in [2.05, 4.69) is 5.32 Å². The van der Waals surface area contributed by atoms with Gasteiger partial charge in [-0.05, 0) is 43.4 Å². The van der Waals surface area contributed by atoms with Crippen LogP contribution in [0.25, 0.3) is 21.9 Å². The van der Waals surface area contributed by atoms with Crippen LogP contribution in [0.15, 0.2) is 40.8 Å². The summed E-state index contributed by atoms with van der Waals surface area (Å²) in [4.78, 5) is 41.1. The topological polar surface area (TPSA) is 88.9 Å². The molecule has 0 spiro atoms. The molecule has 178 valence electrons. The normalized spacial score (nSPS) is 21.2. The number of carbonyl (C=O) groups is 3. The SMILES string of the molecule is COc1cc2c(cc1NC(=O)C(CCSC)N1C(=O)C3CCCCC3C1=O)oc1ccccc12. The van der Waals surface area contributed by atoms with Gasteiger partial charge in [0.25, 0.3) is 0 Å². The van der Waals surface area contributed by atoms with Crippen molar-refractivity contribution in [1.82, 2.24) is 4.90 Å². The highest BCUT2D eigenvalue weighted by Gasteiger charge is 2.51. The summed E-state index contributed by atoms with van der Waals surface area (Å²) in [6.07, 6.45) is 5.69. The fraction of sp³-hybridized carbons (Fsp3) is 0.423. The molecule has 1 N–H and O–H groups in total. The van der Waals surface area contributed by atoms with Crippen molar-refractivity contribution in [3.05, 3.63) is 36.4 Å². The Bertz CT molecular complexity index is 1240. The maximum absolute atomic E-state index is 13.5. The molecule has 8 heteroatoms. The first-order chi connectivity index (χ1) is 16.5. The van der Waals surface area contributed by atoms with E-state index < -0.39 is 6.04 Å². The Labute approximate surface area is 202 Å². The summed E-state index contributed by atoms with van der Waals surface area (Å²) in [5.74, 6) is -0.206. The number of carbonyl (C=O) groups excluding carboxylic acids is 3. The van der Waals surface area contributed by atoms with Gasteiger partial charge in [-0.15, -0.1) is 0 Å². The maximum atomic E-state index is 13.5. The third-order valence-electron chi connectivity index (χ3n) is 7.04. The Balaban J connectivity index is 1.47. The van der Waals surface area contributed by atoms with Gasteiger partial charge in [0.1, 0.15) is 23.0 Å². The number of rotatable bonds is 7. The molecule has 0 radical (unpaired) electrons. The molecule has 1 aliphatic heterocycles. The average molecular weight is 481 g/mol. The van der Waals surface area contributed by atoms with Crippen LogP contribution in [0.4, 0.5) is 5.69 Å². The molecule has 2 fully saturated rings. The summed E-state index contributed by atoms with van der Waals surface area (Å²) in [5.41, 5.74) is 1.82. The Hall–Kier alpha value is -3.00. The second-order valence-corrected chi connectivity index (χ2v) is 9.96. The zero-order valence-corrected chi connectivity index (χ0v) is 20.2. The monoisotopic (exact) mass is 480 g/mol. The number of methoxy groups -OCH3 is 1. The van der Waals surface area contributed by atoms with Crippen molar-refractivity contribution in [2.45, 2.75) is 38.1 Å². The van der Waals surface area contributed by atoms with Gasteiger partial charge in [0.2, 0.25) is 17.7 Å². The molecule has 2 aromatic carbocycles. The van der Waals surface area contributed by atoms with Crippen LogP contribution in [0.3, 0.4) is 0 Å². The van der Waals surface area contributed by atoms with Gasteiger partial charge in [-0.3, -0.25) is 19.3 Å². The van der Waals surface area contributed by atoms with E-state index in [1.165, 1.54) is 4.90 Å².